The molecule has 1 saturated heterocycles. The minimum atomic E-state index is -0.398. The van der Waals surface area contributed by atoms with Crippen molar-refractivity contribution < 1.29 is 4.92 Å². The van der Waals surface area contributed by atoms with Crippen molar-refractivity contribution in [3.8, 4) is 0 Å². The predicted molar refractivity (Wildman–Crippen MR) is 75.5 cm³/mol. The van der Waals surface area contributed by atoms with Crippen LogP contribution < -0.4 is 5.32 Å². The number of non-ortho nitro benzene ring substituents is 1. The van der Waals surface area contributed by atoms with E-state index in [4.69, 9.17) is 11.6 Å². The molecule has 0 radical (unpaired) electrons. The first-order chi connectivity index (χ1) is 9.08. The fourth-order valence-corrected chi connectivity index (χ4v) is 2.61. The quantitative estimate of drug-likeness (QED) is 0.666. The van der Waals surface area contributed by atoms with Gasteiger partial charge in [0.1, 0.15) is 0 Å². The van der Waals surface area contributed by atoms with Crippen LogP contribution in [0.4, 0.5) is 5.69 Å². The number of nitrogens with one attached hydrogen (secondary N) is 1. The fourth-order valence-electron chi connectivity index (χ4n) is 2.42. The van der Waals surface area contributed by atoms with Gasteiger partial charge in [0.2, 0.25) is 0 Å². The van der Waals surface area contributed by atoms with Crippen LogP contribution in [0, 0.1) is 10.1 Å². The second kappa shape index (κ2) is 6.32. The van der Waals surface area contributed by atoms with E-state index in [0.717, 1.165) is 18.7 Å². The minimum Gasteiger partial charge on any atom is -0.311 e. The molecule has 2 rings (SSSR count). The van der Waals surface area contributed by atoms with E-state index in [1.165, 1.54) is 25.0 Å². The van der Waals surface area contributed by atoms with Crippen LogP contribution in [0.5, 0.6) is 0 Å². The van der Waals surface area contributed by atoms with Gasteiger partial charge in [0.25, 0.3) is 5.69 Å². The Balaban J connectivity index is 1.91. The molecule has 1 fully saturated rings. The number of nitro benzene ring substituents is 1. The molecule has 1 atom stereocenters. The molecule has 1 aliphatic heterocycles. The normalized spacial score (nSPS) is 19.8. The standard InChI is InChI=1S/C13H18ClN3O2/c1-16-6-2-3-12(16)9-15-8-10-7-11(17(18)19)4-5-13(10)14/h4-5,7,12,15H,2-3,6,8-9H2,1H3. The van der Waals surface area contributed by atoms with Gasteiger partial charge in [0.05, 0.1) is 4.92 Å². The summed E-state index contributed by atoms with van der Waals surface area (Å²) in [5.74, 6) is 0. The van der Waals surface area contributed by atoms with Crippen molar-refractivity contribution in [3.63, 3.8) is 0 Å². The van der Waals surface area contributed by atoms with E-state index in [1.54, 1.807) is 6.07 Å². The Morgan fingerprint density at radius 2 is 2.37 bits per heavy atom. The second-order valence-electron chi connectivity index (χ2n) is 4.94. The number of hydrogen-bond acceptors (Lipinski definition) is 4. The van der Waals surface area contributed by atoms with Gasteiger partial charge in [-0.05, 0) is 38.1 Å². The number of likely N-dealkylation sites (N-methyl/N-ethyl adjacent to an activating group) is 1. The van der Waals surface area contributed by atoms with Crippen molar-refractivity contribution in [2.75, 3.05) is 20.1 Å². The van der Waals surface area contributed by atoms with Gasteiger partial charge in [0, 0.05) is 36.3 Å². The highest BCUT2D eigenvalue weighted by Crippen LogP contribution is 2.22. The number of benzene rings is 1. The molecule has 1 aliphatic rings. The lowest BCUT2D eigenvalue weighted by Gasteiger charge is -2.19. The van der Waals surface area contributed by atoms with E-state index in [9.17, 15) is 10.1 Å². The van der Waals surface area contributed by atoms with Crippen LogP contribution in [0.2, 0.25) is 5.02 Å². The smallest absolute Gasteiger partial charge is 0.269 e. The average molecular weight is 284 g/mol. The van der Waals surface area contributed by atoms with Gasteiger partial charge in [-0.25, -0.2) is 0 Å². The van der Waals surface area contributed by atoms with E-state index in [1.807, 2.05) is 0 Å². The molecule has 0 saturated carbocycles. The van der Waals surface area contributed by atoms with Crippen LogP contribution in [-0.4, -0.2) is 36.0 Å². The summed E-state index contributed by atoms with van der Waals surface area (Å²) in [6.07, 6.45) is 2.44. The molecule has 1 unspecified atom stereocenters. The van der Waals surface area contributed by atoms with Gasteiger partial charge in [-0.1, -0.05) is 11.6 Å². The summed E-state index contributed by atoms with van der Waals surface area (Å²) >= 11 is 6.05. The largest absolute Gasteiger partial charge is 0.311 e. The molecule has 1 aromatic carbocycles. The minimum absolute atomic E-state index is 0.0826. The molecule has 0 spiro atoms. The molecule has 0 aliphatic carbocycles. The maximum absolute atomic E-state index is 10.7. The highest BCUT2D eigenvalue weighted by molar-refractivity contribution is 6.31. The van der Waals surface area contributed by atoms with Crippen LogP contribution in [0.15, 0.2) is 18.2 Å². The molecule has 0 aromatic heterocycles. The molecule has 19 heavy (non-hydrogen) atoms. The molecule has 104 valence electrons. The topological polar surface area (TPSA) is 58.4 Å². The van der Waals surface area contributed by atoms with Crippen LogP contribution in [0.1, 0.15) is 18.4 Å². The first-order valence-corrected chi connectivity index (χ1v) is 6.79. The third-order valence-electron chi connectivity index (χ3n) is 3.61. The Morgan fingerprint density at radius 3 is 3.00 bits per heavy atom. The Kier molecular flexibility index (Phi) is 4.74. The summed E-state index contributed by atoms with van der Waals surface area (Å²) in [6, 6.07) is 5.10. The zero-order valence-corrected chi connectivity index (χ0v) is 11.7. The van der Waals surface area contributed by atoms with Gasteiger partial charge in [-0.3, -0.25) is 10.1 Å². The highest BCUT2D eigenvalue weighted by Gasteiger charge is 2.20. The Bertz CT molecular complexity index is 467. The van der Waals surface area contributed by atoms with Gasteiger partial charge < -0.3 is 10.2 Å². The van der Waals surface area contributed by atoms with E-state index in [-0.39, 0.29) is 5.69 Å². The third kappa shape index (κ3) is 3.65. The van der Waals surface area contributed by atoms with Gasteiger partial charge in [-0.2, -0.15) is 0 Å². The number of halogens is 1. The fraction of sp³-hybridized carbons (Fsp3) is 0.538. The van der Waals surface area contributed by atoms with Crippen LogP contribution in [0.3, 0.4) is 0 Å². The van der Waals surface area contributed by atoms with Crippen molar-refractivity contribution >= 4 is 17.3 Å². The van der Waals surface area contributed by atoms with Crippen molar-refractivity contribution in [2.24, 2.45) is 0 Å². The summed E-state index contributed by atoms with van der Waals surface area (Å²) in [5.41, 5.74) is 0.857. The molecular formula is C13H18ClN3O2. The maximum Gasteiger partial charge on any atom is 0.269 e. The molecule has 1 N–H and O–H groups in total. The zero-order chi connectivity index (χ0) is 13.8. The van der Waals surface area contributed by atoms with Crippen LogP contribution in [0.25, 0.3) is 0 Å². The molecule has 6 heteroatoms. The number of hydrogen-bond donors (Lipinski definition) is 1. The first-order valence-electron chi connectivity index (χ1n) is 6.41. The Hall–Kier alpha value is -1.17. The summed E-state index contributed by atoms with van der Waals surface area (Å²) < 4.78 is 0. The number of nitrogens with zero attached hydrogens (tertiary/aromatic N) is 2. The first kappa shape index (κ1) is 14.2. The van der Waals surface area contributed by atoms with E-state index >= 15 is 0 Å². The van der Waals surface area contributed by atoms with E-state index in [2.05, 4.69) is 17.3 Å². The Labute approximate surface area is 117 Å². The summed E-state index contributed by atoms with van der Waals surface area (Å²) in [5, 5.41) is 14.6. The molecule has 0 amide bonds. The van der Waals surface area contributed by atoms with Crippen LogP contribution >= 0.6 is 11.6 Å². The second-order valence-corrected chi connectivity index (χ2v) is 5.35. The van der Waals surface area contributed by atoms with Crippen molar-refractivity contribution in [1.82, 2.24) is 10.2 Å². The zero-order valence-electron chi connectivity index (χ0n) is 10.9. The number of likely N-dealkylation sites (tertiary alicyclic amines) is 1. The summed E-state index contributed by atoms with van der Waals surface area (Å²) in [7, 11) is 2.12. The Morgan fingerprint density at radius 1 is 1.58 bits per heavy atom. The summed E-state index contributed by atoms with van der Waals surface area (Å²) in [6.45, 7) is 2.59. The molecule has 1 aromatic rings. The monoisotopic (exact) mass is 283 g/mol. The van der Waals surface area contributed by atoms with E-state index in [0.29, 0.717) is 17.6 Å². The summed E-state index contributed by atoms with van der Waals surface area (Å²) in [4.78, 5) is 12.7. The lowest BCUT2D eigenvalue weighted by molar-refractivity contribution is -0.384. The van der Waals surface area contributed by atoms with Crippen molar-refractivity contribution in [1.29, 1.82) is 0 Å². The van der Waals surface area contributed by atoms with Gasteiger partial charge in [-0.15, -0.1) is 0 Å². The maximum atomic E-state index is 10.7. The SMILES string of the molecule is CN1CCCC1CNCc1cc([N+](=O)[O-])ccc1Cl. The number of rotatable bonds is 5. The van der Waals surface area contributed by atoms with Crippen molar-refractivity contribution in [2.45, 2.75) is 25.4 Å². The predicted octanol–water partition coefficient (Wildman–Crippen LogP) is 2.43. The molecule has 0 bridgehead atoms. The van der Waals surface area contributed by atoms with Gasteiger partial charge >= 0.3 is 0 Å². The molecular weight excluding hydrogens is 266 g/mol. The molecule has 1 heterocycles. The lowest BCUT2D eigenvalue weighted by atomic mass is 10.2. The third-order valence-corrected chi connectivity index (χ3v) is 3.98. The molecule has 5 nitrogen and oxygen atoms in total. The lowest BCUT2D eigenvalue weighted by Crippen LogP contribution is -2.35. The van der Waals surface area contributed by atoms with Crippen LogP contribution in [-0.2, 0) is 6.54 Å². The number of nitro groups is 1. The average Bonchev–Trinajstić information content (AvgIpc) is 2.77. The van der Waals surface area contributed by atoms with Crippen molar-refractivity contribution in [3.05, 3.63) is 38.9 Å². The highest BCUT2D eigenvalue weighted by atomic mass is 35.5. The van der Waals surface area contributed by atoms with Gasteiger partial charge in [0.15, 0.2) is 0 Å². The van der Waals surface area contributed by atoms with E-state index < -0.39 is 4.92 Å².